The summed E-state index contributed by atoms with van der Waals surface area (Å²) in [4.78, 5) is 13.2. The molecular weight excluding hydrogens is 356 g/mol. The molecule has 1 saturated carbocycles. The van der Waals surface area contributed by atoms with E-state index in [2.05, 4.69) is 10.2 Å². The van der Waals surface area contributed by atoms with Crippen molar-refractivity contribution in [2.24, 2.45) is 0 Å². The zero-order valence-corrected chi connectivity index (χ0v) is 15.2. The van der Waals surface area contributed by atoms with Crippen molar-refractivity contribution >= 4 is 17.7 Å². The summed E-state index contributed by atoms with van der Waals surface area (Å²) in [5.41, 5.74) is 2.05. The number of aryl methyl sites for hydroxylation is 1. The van der Waals surface area contributed by atoms with Gasteiger partial charge in [0, 0.05) is 13.1 Å². The van der Waals surface area contributed by atoms with Crippen LogP contribution < -0.4 is 9.47 Å². The number of ether oxygens (including phenoxy) is 2. The first-order chi connectivity index (χ1) is 12.5. The van der Waals surface area contributed by atoms with Crippen LogP contribution in [0, 0.1) is 18.3 Å². The van der Waals surface area contributed by atoms with Gasteiger partial charge in [-0.3, -0.25) is 4.90 Å². The molecule has 0 unspecified atom stereocenters. The van der Waals surface area contributed by atoms with E-state index >= 15 is 0 Å². The molecule has 26 heavy (non-hydrogen) atoms. The third-order valence-corrected chi connectivity index (χ3v) is 4.16. The van der Waals surface area contributed by atoms with Gasteiger partial charge < -0.3 is 9.47 Å². The monoisotopic (exact) mass is 372 g/mol. The maximum absolute atomic E-state index is 12.1. The van der Waals surface area contributed by atoms with E-state index in [9.17, 15) is 4.79 Å². The van der Waals surface area contributed by atoms with Crippen LogP contribution in [-0.4, -0.2) is 34.8 Å². The molecule has 0 atom stereocenters. The van der Waals surface area contributed by atoms with Gasteiger partial charge in [-0.15, -0.1) is 10.2 Å². The fourth-order valence-electron chi connectivity index (χ4n) is 2.45. The van der Waals surface area contributed by atoms with Gasteiger partial charge in [-0.2, -0.15) is 5.26 Å². The predicted octanol–water partition coefficient (Wildman–Crippen LogP) is 4.06. The minimum absolute atomic E-state index is 0.0457. The minimum atomic E-state index is -0.715. The fraction of sp³-hybridized carbons (Fsp3) is 0.333. The van der Waals surface area contributed by atoms with E-state index in [0.717, 1.165) is 28.9 Å². The van der Waals surface area contributed by atoms with Crippen LogP contribution in [0.5, 0.6) is 17.4 Å². The molecule has 1 aromatic heterocycles. The van der Waals surface area contributed by atoms with E-state index in [1.54, 1.807) is 0 Å². The predicted molar refractivity (Wildman–Crippen MR) is 94.5 cm³/mol. The molecule has 7 nitrogen and oxygen atoms in total. The molecule has 1 aromatic carbocycles. The molecule has 0 bridgehead atoms. The van der Waals surface area contributed by atoms with E-state index in [4.69, 9.17) is 26.3 Å². The number of hydrogen-bond acceptors (Lipinski definition) is 6. The molecule has 0 saturated heterocycles. The summed E-state index contributed by atoms with van der Waals surface area (Å²) < 4.78 is 11.3. The van der Waals surface area contributed by atoms with Crippen molar-refractivity contribution in [2.75, 3.05) is 13.6 Å². The first-order valence-electron chi connectivity index (χ1n) is 8.10. The Morgan fingerprint density at radius 2 is 2.19 bits per heavy atom. The highest BCUT2D eigenvalue weighted by molar-refractivity contribution is 6.29. The number of nitrogens with zero attached hydrogens (tertiary/aromatic N) is 4. The van der Waals surface area contributed by atoms with Gasteiger partial charge in [-0.05, 0) is 36.8 Å². The highest BCUT2D eigenvalue weighted by atomic mass is 35.5. The molecular formula is C18H17ClN4O3. The van der Waals surface area contributed by atoms with E-state index in [0.29, 0.717) is 11.7 Å². The van der Waals surface area contributed by atoms with Gasteiger partial charge in [-0.25, -0.2) is 4.79 Å². The van der Waals surface area contributed by atoms with E-state index in [1.807, 2.05) is 31.2 Å². The minimum Gasteiger partial charge on any atom is -0.434 e. The Morgan fingerprint density at radius 3 is 2.88 bits per heavy atom. The van der Waals surface area contributed by atoms with Gasteiger partial charge in [0.1, 0.15) is 12.3 Å². The average Bonchev–Trinajstić information content (AvgIpc) is 3.43. The Hall–Kier alpha value is -2.85. The molecule has 0 radical (unpaired) electrons. The van der Waals surface area contributed by atoms with Crippen LogP contribution in [-0.2, 0) is 0 Å². The number of halogens is 1. The number of hydrogen-bond donors (Lipinski definition) is 0. The largest absolute Gasteiger partial charge is 0.434 e. The molecule has 0 spiro atoms. The topological polar surface area (TPSA) is 88.3 Å². The van der Waals surface area contributed by atoms with Gasteiger partial charge in [0.25, 0.3) is 5.88 Å². The second-order valence-corrected chi connectivity index (χ2v) is 6.48. The van der Waals surface area contributed by atoms with Crippen LogP contribution >= 0.6 is 11.6 Å². The molecule has 1 heterocycles. The summed E-state index contributed by atoms with van der Waals surface area (Å²) in [6, 6.07) is 9.18. The normalized spacial score (nSPS) is 13.0. The second-order valence-electron chi connectivity index (χ2n) is 6.09. The van der Waals surface area contributed by atoms with Gasteiger partial charge in [0.15, 0.2) is 10.9 Å². The van der Waals surface area contributed by atoms with Crippen LogP contribution in [0.25, 0.3) is 0 Å². The lowest BCUT2D eigenvalue weighted by molar-refractivity contribution is 0.166. The summed E-state index contributed by atoms with van der Waals surface area (Å²) in [7, 11) is 1.45. The van der Waals surface area contributed by atoms with Crippen LogP contribution in [0.4, 0.5) is 4.79 Å². The van der Waals surface area contributed by atoms with Crippen LogP contribution in [0.2, 0.25) is 5.15 Å². The highest BCUT2D eigenvalue weighted by Crippen LogP contribution is 2.46. The van der Waals surface area contributed by atoms with Crippen molar-refractivity contribution in [1.29, 1.82) is 5.26 Å². The van der Waals surface area contributed by atoms with Gasteiger partial charge in [0.05, 0.1) is 6.07 Å². The first kappa shape index (κ1) is 18.0. The average molecular weight is 373 g/mol. The van der Waals surface area contributed by atoms with Crippen molar-refractivity contribution in [1.82, 2.24) is 15.1 Å². The maximum Gasteiger partial charge on any atom is 0.416 e. The fourth-order valence-corrected chi connectivity index (χ4v) is 2.59. The molecule has 1 aliphatic carbocycles. The van der Waals surface area contributed by atoms with E-state index in [1.165, 1.54) is 13.1 Å². The Balaban J connectivity index is 1.90. The summed E-state index contributed by atoms with van der Waals surface area (Å²) in [5, 5.41) is 16.5. The van der Waals surface area contributed by atoms with E-state index < -0.39 is 6.09 Å². The van der Waals surface area contributed by atoms with Crippen molar-refractivity contribution in [3.63, 3.8) is 0 Å². The second kappa shape index (κ2) is 7.58. The van der Waals surface area contributed by atoms with Gasteiger partial charge in [-0.1, -0.05) is 29.8 Å². The number of benzene rings is 1. The lowest BCUT2D eigenvalue weighted by Gasteiger charge is -2.16. The Labute approximate surface area is 156 Å². The molecule has 8 heteroatoms. The molecule has 134 valence electrons. The first-order valence-corrected chi connectivity index (χ1v) is 8.48. The molecule has 2 aromatic rings. The molecule has 3 rings (SSSR count). The van der Waals surface area contributed by atoms with Gasteiger partial charge >= 0.3 is 6.09 Å². The molecule has 1 fully saturated rings. The smallest absolute Gasteiger partial charge is 0.416 e. The Morgan fingerprint density at radius 1 is 1.42 bits per heavy atom. The van der Waals surface area contributed by atoms with Crippen LogP contribution in [0.3, 0.4) is 0 Å². The van der Waals surface area contributed by atoms with Gasteiger partial charge in [0.2, 0.25) is 0 Å². The number of carbonyl (C=O) groups excluding carboxylic acids is 1. The molecule has 0 aliphatic heterocycles. The lowest BCUT2D eigenvalue weighted by atomic mass is 10.1. The molecule has 1 amide bonds. The van der Waals surface area contributed by atoms with Crippen molar-refractivity contribution in [2.45, 2.75) is 25.7 Å². The standard InChI is InChI=1S/C18H17ClN4O3/c1-11-4-3-5-13(12-6-7-12)16(11)26-17-14(10-15(19)21-22-17)25-18(24)23(2)9-8-20/h3-5,10,12H,6-7,9H2,1-2H3. The van der Waals surface area contributed by atoms with Crippen LogP contribution in [0.15, 0.2) is 24.3 Å². The zero-order chi connectivity index (χ0) is 18.7. The maximum atomic E-state index is 12.1. The Kier molecular flexibility index (Phi) is 5.24. The number of nitriles is 1. The molecule has 0 N–H and O–H groups in total. The quantitative estimate of drug-likeness (QED) is 0.735. The lowest BCUT2D eigenvalue weighted by Crippen LogP contribution is -2.30. The summed E-state index contributed by atoms with van der Waals surface area (Å²) in [6.45, 7) is 1.84. The number of rotatable bonds is 5. The SMILES string of the molecule is Cc1cccc(C2CC2)c1Oc1nnc(Cl)cc1OC(=O)N(C)CC#N. The number of para-hydroxylation sites is 1. The van der Waals surface area contributed by atoms with Crippen molar-refractivity contribution < 1.29 is 14.3 Å². The third kappa shape index (κ3) is 4.03. The molecule has 1 aliphatic rings. The zero-order valence-electron chi connectivity index (χ0n) is 14.4. The van der Waals surface area contributed by atoms with Crippen LogP contribution in [0.1, 0.15) is 29.9 Å². The Bertz CT molecular complexity index is 877. The number of amides is 1. The summed E-state index contributed by atoms with van der Waals surface area (Å²) in [6.07, 6.45) is 1.52. The third-order valence-electron chi connectivity index (χ3n) is 3.97. The van der Waals surface area contributed by atoms with E-state index in [-0.39, 0.29) is 23.3 Å². The highest BCUT2D eigenvalue weighted by Gasteiger charge is 2.28. The summed E-state index contributed by atoms with van der Waals surface area (Å²) in [5.74, 6) is 1.25. The summed E-state index contributed by atoms with van der Waals surface area (Å²) >= 11 is 5.88. The van der Waals surface area contributed by atoms with Crippen molar-refractivity contribution in [3.05, 3.63) is 40.5 Å². The number of aromatic nitrogens is 2. The van der Waals surface area contributed by atoms with Crippen molar-refractivity contribution in [3.8, 4) is 23.4 Å². The number of carbonyl (C=O) groups is 1.